The Balaban J connectivity index is 1.10. The van der Waals surface area contributed by atoms with Crippen LogP contribution in [0.3, 0.4) is 0 Å². The molecule has 2 heterocycles. The number of sulfonamides is 1. The summed E-state index contributed by atoms with van der Waals surface area (Å²) in [5.74, 6) is -3.12. The maximum absolute atomic E-state index is 13.5. The third-order valence-corrected chi connectivity index (χ3v) is 9.61. The quantitative estimate of drug-likeness (QED) is 0.0574. The minimum atomic E-state index is -4.74. The van der Waals surface area contributed by atoms with Crippen LogP contribution in [0.25, 0.3) is 16.9 Å². The van der Waals surface area contributed by atoms with Crippen molar-refractivity contribution in [2.45, 2.75) is 50.9 Å². The van der Waals surface area contributed by atoms with Crippen molar-refractivity contribution in [2.75, 3.05) is 19.7 Å². The molecule has 0 bridgehead atoms. The highest BCUT2D eigenvalue weighted by Gasteiger charge is 2.40. The van der Waals surface area contributed by atoms with Crippen LogP contribution in [0.1, 0.15) is 58.7 Å². The van der Waals surface area contributed by atoms with Crippen molar-refractivity contribution < 1.29 is 55.3 Å². The fourth-order valence-electron chi connectivity index (χ4n) is 5.34. The number of fused-ring (bicyclic) bond motifs is 1. The fourth-order valence-corrected chi connectivity index (χ4v) is 6.35. The number of nitrogens with one attached hydrogen (secondary N) is 1. The molecule has 0 spiro atoms. The van der Waals surface area contributed by atoms with E-state index in [9.17, 15) is 46.0 Å². The van der Waals surface area contributed by atoms with Gasteiger partial charge >= 0.3 is 12.1 Å². The number of aryl methyl sites for hydroxylation is 1. The number of carbonyl (C=O) groups is 4. The first-order valence-electron chi connectivity index (χ1n) is 16.6. The number of nitrogens with zero attached hydrogens (tertiary/aromatic N) is 6. The molecule has 1 atom stereocenters. The lowest BCUT2D eigenvalue weighted by Gasteiger charge is -2.20. The summed E-state index contributed by atoms with van der Waals surface area (Å²) in [6.07, 6.45) is -7.04. The van der Waals surface area contributed by atoms with Crippen LogP contribution < -0.4 is 4.72 Å². The zero-order valence-electron chi connectivity index (χ0n) is 29.5. The van der Waals surface area contributed by atoms with Gasteiger partial charge in [0.15, 0.2) is 5.69 Å². The number of halogens is 3. The maximum Gasteiger partial charge on any atom is 0.435 e. The number of carbonyl (C=O) groups excluding carboxylic acids is 4. The van der Waals surface area contributed by atoms with Gasteiger partial charge in [-0.15, -0.1) is 5.01 Å². The Hall–Kier alpha value is -6.31. The number of likely N-dealkylation sites (N-methyl/N-ethyl adjacent to an activating group) is 1. The minimum absolute atomic E-state index is 0.0606. The summed E-state index contributed by atoms with van der Waals surface area (Å²) in [6, 6.07) is 18.4. The molecular formula is C35H34F3N7O9S. The van der Waals surface area contributed by atoms with Gasteiger partial charge in [-0.25, -0.2) is 22.7 Å². The van der Waals surface area contributed by atoms with Gasteiger partial charge < -0.3 is 14.8 Å². The van der Waals surface area contributed by atoms with E-state index in [-0.39, 0.29) is 52.1 Å². The number of amides is 3. The fraction of sp³-hybridized carbons (Fsp3) is 0.286. The van der Waals surface area contributed by atoms with Crippen LogP contribution in [0.2, 0.25) is 0 Å². The number of rotatable bonds is 15. The molecule has 20 heteroatoms. The van der Waals surface area contributed by atoms with E-state index in [0.717, 1.165) is 38.4 Å². The van der Waals surface area contributed by atoms with Crippen LogP contribution in [0, 0.1) is 12.1 Å². The monoisotopic (exact) mass is 785 g/mol. The third kappa shape index (κ3) is 9.26. The first kappa shape index (κ1) is 39.9. The van der Waals surface area contributed by atoms with Gasteiger partial charge in [-0.1, -0.05) is 42.0 Å². The van der Waals surface area contributed by atoms with E-state index in [1.165, 1.54) is 31.2 Å². The SMILES string of the molecule is CCN(CCOC(=O)CCC(=O)NS(=O)(=O)c1ccc(-n2nc(C(F)(F)F)cc2-c2ccc(C)cc2)cc1)/[N+]([O-])=N\OC(C)N1C(=O)c2ccccc2C1=O. The molecule has 0 radical (unpaired) electrons. The van der Waals surface area contributed by atoms with E-state index in [1.54, 1.807) is 43.3 Å². The van der Waals surface area contributed by atoms with Crippen LogP contribution in [-0.2, 0) is 35.4 Å². The van der Waals surface area contributed by atoms with E-state index in [2.05, 4.69) is 10.4 Å². The molecule has 55 heavy (non-hydrogen) atoms. The van der Waals surface area contributed by atoms with Gasteiger partial charge in [0.1, 0.15) is 13.2 Å². The molecule has 1 aliphatic heterocycles. The first-order valence-corrected chi connectivity index (χ1v) is 18.1. The predicted octanol–water partition coefficient (Wildman–Crippen LogP) is 4.77. The van der Waals surface area contributed by atoms with Crippen molar-refractivity contribution >= 4 is 33.7 Å². The second-order valence-corrected chi connectivity index (χ2v) is 13.7. The van der Waals surface area contributed by atoms with Crippen molar-refractivity contribution in [1.82, 2.24) is 24.4 Å². The standard InChI is InChI=1S/C35H34F3N7O9S/c1-4-42(45(50)41-54-23(3)43-33(48)27-7-5-6-8-28(27)34(43)49)19-20-53-32(47)18-17-31(46)40-55(51,52)26-15-13-25(14-16-26)44-29(21-30(39-44)35(36,37)38)24-11-9-22(2)10-12-24/h5-16,21,23H,4,17-20H2,1-3H3,(H,40,46)/b45-41+. The van der Waals surface area contributed by atoms with Crippen LogP contribution in [-0.4, -0.2) is 82.7 Å². The molecule has 1 N–H and O–H groups in total. The summed E-state index contributed by atoms with van der Waals surface area (Å²) in [5, 5.41) is 20.7. The Morgan fingerprint density at radius 3 is 2.20 bits per heavy atom. The summed E-state index contributed by atoms with van der Waals surface area (Å²) >= 11 is 0. The van der Waals surface area contributed by atoms with E-state index in [4.69, 9.17) is 9.57 Å². The summed E-state index contributed by atoms with van der Waals surface area (Å²) < 4.78 is 74.3. The molecule has 5 rings (SSSR count). The van der Waals surface area contributed by atoms with Gasteiger partial charge in [-0.2, -0.15) is 18.3 Å². The van der Waals surface area contributed by atoms with Crippen LogP contribution >= 0.6 is 0 Å². The molecule has 4 aromatic rings. The summed E-state index contributed by atoms with van der Waals surface area (Å²) in [6.45, 7) is 4.37. The van der Waals surface area contributed by atoms with Crippen molar-refractivity contribution in [3.8, 4) is 16.9 Å². The number of ether oxygens (including phenoxy) is 1. The van der Waals surface area contributed by atoms with Gasteiger partial charge in [0, 0.05) is 12.0 Å². The number of hydrogen-bond donors (Lipinski definition) is 1. The molecule has 0 fully saturated rings. The number of alkyl halides is 3. The van der Waals surface area contributed by atoms with Gasteiger partial charge in [-0.05, 0) is 63.2 Å². The molecule has 16 nitrogen and oxygen atoms in total. The number of benzene rings is 3. The lowest BCUT2D eigenvalue weighted by Crippen LogP contribution is -2.40. The molecule has 1 unspecified atom stereocenters. The average molecular weight is 786 g/mol. The highest BCUT2D eigenvalue weighted by atomic mass is 32.2. The van der Waals surface area contributed by atoms with Crippen LogP contribution in [0.4, 0.5) is 13.2 Å². The lowest BCUT2D eigenvalue weighted by atomic mass is 10.1. The van der Waals surface area contributed by atoms with E-state index in [0.29, 0.717) is 5.56 Å². The van der Waals surface area contributed by atoms with E-state index < -0.39 is 64.7 Å². The predicted molar refractivity (Wildman–Crippen MR) is 185 cm³/mol. The van der Waals surface area contributed by atoms with Crippen molar-refractivity contribution in [1.29, 1.82) is 0 Å². The van der Waals surface area contributed by atoms with Gasteiger partial charge in [0.05, 0.1) is 45.3 Å². The smallest absolute Gasteiger partial charge is 0.435 e. The first-order chi connectivity index (χ1) is 26.0. The normalized spacial score (nSPS) is 13.7. The number of imide groups is 1. The van der Waals surface area contributed by atoms with Gasteiger partial charge in [0.2, 0.25) is 17.4 Å². The second-order valence-electron chi connectivity index (χ2n) is 12.0. The second kappa shape index (κ2) is 16.4. The molecule has 3 aromatic carbocycles. The topological polar surface area (TPSA) is 196 Å². The summed E-state index contributed by atoms with van der Waals surface area (Å²) in [5.41, 5.74) is 0.820. The van der Waals surface area contributed by atoms with Crippen molar-refractivity contribution in [3.63, 3.8) is 0 Å². The van der Waals surface area contributed by atoms with E-state index in [1.807, 2.05) is 11.6 Å². The van der Waals surface area contributed by atoms with Gasteiger partial charge in [0.25, 0.3) is 21.8 Å². The number of esters is 1. The Labute approximate surface area is 312 Å². The summed E-state index contributed by atoms with van der Waals surface area (Å²) in [7, 11) is -4.44. The number of aromatic nitrogens is 2. The zero-order chi connectivity index (χ0) is 40.1. The Morgan fingerprint density at radius 2 is 1.62 bits per heavy atom. The maximum atomic E-state index is 13.5. The van der Waals surface area contributed by atoms with Gasteiger partial charge in [-0.3, -0.25) is 19.2 Å². The molecule has 0 saturated carbocycles. The molecular weight excluding hydrogens is 751 g/mol. The van der Waals surface area contributed by atoms with Crippen LogP contribution in [0.5, 0.6) is 0 Å². The molecule has 0 saturated heterocycles. The van der Waals surface area contributed by atoms with Crippen molar-refractivity contribution in [3.05, 3.63) is 106 Å². The third-order valence-electron chi connectivity index (χ3n) is 8.22. The lowest BCUT2D eigenvalue weighted by molar-refractivity contribution is -0.712. The molecule has 1 aromatic heterocycles. The largest absolute Gasteiger partial charge is 0.569 e. The minimum Gasteiger partial charge on any atom is -0.569 e. The molecule has 0 aliphatic carbocycles. The molecule has 3 amide bonds. The molecule has 290 valence electrons. The average Bonchev–Trinajstić information content (AvgIpc) is 3.71. The number of hydrogen-bond acceptors (Lipinski definition) is 11. The highest BCUT2D eigenvalue weighted by Crippen LogP contribution is 2.33. The van der Waals surface area contributed by atoms with Crippen molar-refractivity contribution in [2.24, 2.45) is 5.28 Å². The Morgan fingerprint density at radius 1 is 1.00 bits per heavy atom. The highest BCUT2D eigenvalue weighted by molar-refractivity contribution is 7.90. The molecule has 1 aliphatic rings. The van der Waals surface area contributed by atoms with Crippen LogP contribution in [0.15, 0.2) is 89.0 Å². The number of hydrazine groups is 1. The zero-order valence-corrected chi connectivity index (χ0v) is 30.3. The van der Waals surface area contributed by atoms with E-state index >= 15 is 0 Å². The Bertz CT molecular complexity index is 2190. The Kier molecular flexibility index (Phi) is 11.9. The summed E-state index contributed by atoms with van der Waals surface area (Å²) in [4.78, 5) is 55.5.